The summed E-state index contributed by atoms with van der Waals surface area (Å²) < 4.78 is 5.46. The van der Waals surface area contributed by atoms with Crippen molar-refractivity contribution in [3.05, 3.63) is 0 Å². The highest BCUT2D eigenvalue weighted by molar-refractivity contribution is 4.90. The number of nitrogens with two attached hydrogens (primary N) is 1. The highest BCUT2D eigenvalue weighted by Crippen LogP contribution is 2.30. The van der Waals surface area contributed by atoms with Crippen molar-refractivity contribution in [3.63, 3.8) is 0 Å². The molecule has 2 N–H and O–H groups in total. The maximum Gasteiger partial charge on any atom is 0.0510 e. The highest BCUT2D eigenvalue weighted by atomic mass is 16.5. The van der Waals surface area contributed by atoms with Crippen molar-refractivity contribution in [3.8, 4) is 0 Å². The summed E-state index contributed by atoms with van der Waals surface area (Å²) in [6.45, 7) is 6.64. The maximum atomic E-state index is 6.37. The van der Waals surface area contributed by atoms with E-state index >= 15 is 0 Å². The minimum Gasteiger partial charge on any atom is -0.381 e. The summed E-state index contributed by atoms with van der Waals surface area (Å²) in [6, 6.07) is 1.14. The first kappa shape index (κ1) is 13.8. The number of nitrogens with zero attached hydrogens (tertiary/aromatic N) is 2. The fraction of sp³-hybridized carbons (Fsp3) is 1.00. The van der Waals surface area contributed by atoms with Crippen LogP contribution in [-0.4, -0.2) is 68.3 Å². The van der Waals surface area contributed by atoms with Crippen LogP contribution in [0, 0.1) is 11.8 Å². The van der Waals surface area contributed by atoms with Crippen LogP contribution in [0.1, 0.15) is 25.7 Å². The van der Waals surface area contributed by atoms with E-state index in [4.69, 9.17) is 10.5 Å². The summed E-state index contributed by atoms with van der Waals surface area (Å²) >= 11 is 0. The Morgan fingerprint density at radius 3 is 2.95 bits per heavy atom. The van der Waals surface area contributed by atoms with Gasteiger partial charge in [0.1, 0.15) is 0 Å². The Balaban J connectivity index is 1.50. The lowest BCUT2D eigenvalue weighted by Gasteiger charge is -2.46. The van der Waals surface area contributed by atoms with Crippen molar-refractivity contribution in [1.82, 2.24) is 9.80 Å². The number of fused-ring (bicyclic) bond motifs is 1. The molecule has 3 fully saturated rings. The number of rotatable bonds is 3. The number of likely N-dealkylation sites (tertiary alicyclic amines) is 2. The first-order valence-electron chi connectivity index (χ1n) is 8.00. The SMILES string of the molecule is CN1CCCC2CN(CC(N)C3CCOC3)CCC21. The quantitative estimate of drug-likeness (QED) is 0.820. The van der Waals surface area contributed by atoms with E-state index in [1.807, 2.05) is 0 Å². The van der Waals surface area contributed by atoms with Crippen molar-refractivity contribution in [2.75, 3.05) is 46.4 Å². The average molecular weight is 267 g/mol. The van der Waals surface area contributed by atoms with Gasteiger partial charge in [0.2, 0.25) is 0 Å². The van der Waals surface area contributed by atoms with E-state index in [0.29, 0.717) is 12.0 Å². The molecule has 3 aliphatic rings. The lowest BCUT2D eigenvalue weighted by molar-refractivity contribution is 0.0336. The molecule has 0 aromatic carbocycles. The van der Waals surface area contributed by atoms with Crippen molar-refractivity contribution >= 4 is 0 Å². The van der Waals surface area contributed by atoms with Crippen LogP contribution in [0.2, 0.25) is 0 Å². The van der Waals surface area contributed by atoms with Gasteiger partial charge in [-0.2, -0.15) is 0 Å². The number of hydrogen-bond acceptors (Lipinski definition) is 4. The Morgan fingerprint density at radius 1 is 1.26 bits per heavy atom. The fourth-order valence-corrected chi connectivity index (χ4v) is 4.23. The second kappa shape index (κ2) is 6.08. The average Bonchev–Trinajstić information content (AvgIpc) is 2.93. The summed E-state index contributed by atoms with van der Waals surface area (Å²) in [6.07, 6.45) is 5.26. The highest BCUT2D eigenvalue weighted by Gasteiger charge is 2.35. The van der Waals surface area contributed by atoms with Gasteiger partial charge < -0.3 is 20.3 Å². The Morgan fingerprint density at radius 2 is 2.16 bits per heavy atom. The van der Waals surface area contributed by atoms with Gasteiger partial charge in [0, 0.05) is 37.7 Å². The second-order valence-electron chi connectivity index (χ2n) is 6.79. The molecular formula is C15H29N3O. The van der Waals surface area contributed by atoms with E-state index < -0.39 is 0 Å². The van der Waals surface area contributed by atoms with Gasteiger partial charge in [0.25, 0.3) is 0 Å². The molecule has 3 heterocycles. The van der Waals surface area contributed by atoms with Gasteiger partial charge in [0.05, 0.1) is 6.61 Å². The standard InChI is InChI=1S/C15H29N3O/c1-17-6-2-3-12-9-18(7-4-15(12)17)10-14(16)13-5-8-19-11-13/h12-15H,2-11,16H2,1H3. The first-order valence-corrected chi connectivity index (χ1v) is 8.00. The third-order valence-electron chi connectivity index (χ3n) is 5.47. The van der Waals surface area contributed by atoms with Crippen LogP contribution < -0.4 is 5.73 Å². The second-order valence-corrected chi connectivity index (χ2v) is 6.79. The molecule has 0 amide bonds. The molecule has 4 nitrogen and oxygen atoms in total. The number of ether oxygens (including phenoxy) is 1. The van der Waals surface area contributed by atoms with Crippen molar-refractivity contribution in [2.45, 2.75) is 37.8 Å². The van der Waals surface area contributed by atoms with Crippen LogP contribution in [0.5, 0.6) is 0 Å². The van der Waals surface area contributed by atoms with Crippen molar-refractivity contribution in [2.24, 2.45) is 17.6 Å². The first-order chi connectivity index (χ1) is 9.24. The summed E-state index contributed by atoms with van der Waals surface area (Å²) in [7, 11) is 2.30. The van der Waals surface area contributed by atoms with Gasteiger partial charge >= 0.3 is 0 Å². The van der Waals surface area contributed by atoms with E-state index in [2.05, 4.69) is 16.8 Å². The van der Waals surface area contributed by atoms with Crippen LogP contribution in [0.25, 0.3) is 0 Å². The molecule has 110 valence electrons. The van der Waals surface area contributed by atoms with Gasteiger partial charge in [0.15, 0.2) is 0 Å². The molecule has 3 saturated heterocycles. The summed E-state index contributed by atoms with van der Waals surface area (Å²) in [5, 5.41) is 0. The predicted molar refractivity (Wildman–Crippen MR) is 77.1 cm³/mol. The lowest BCUT2D eigenvalue weighted by atomic mass is 9.84. The largest absolute Gasteiger partial charge is 0.381 e. The molecule has 19 heavy (non-hydrogen) atoms. The topological polar surface area (TPSA) is 41.7 Å². The molecule has 4 unspecified atom stereocenters. The van der Waals surface area contributed by atoms with Crippen LogP contribution in [0.15, 0.2) is 0 Å². The molecule has 3 rings (SSSR count). The van der Waals surface area contributed by atoms with E-state index in [1.165, 1.54) is 38.9 Å². The Bertz CT molecular complexity index is 291. The molecule has 0 spiro atoms. The van der Waals surface area contributed by atoms with Crippen LogP contribution in [0.4, 0.5) is 0 Å². The monoisotopic (exact) mass is 267 g/mol. The molecule has 0 aromatic heterocycles. The third kappa shape index (κ3) is 3.13. The van der Waals surface area contributed by atoms with E-state index in [1.54, 1.807) is 0 Å². The molecule has 0 bridgehead atoms. The van der Waals surface area contributed by atoms with Crippen LogP contribution in [-0.2, 0) is 4.74 Å². The minimum atomic E-state index is 0.306. The number of piperidine rings is 2. The van der Waals surface area contributed by atoms with Gasteiger partial charge in [-0.15, -0.1) is 0 Å². The molecule has 0 saturated carbocycles. The molecule has 0 aliphatic carbocycles. The molecule has 4 heteroatoms. The van der Waals surface area contributed by atoms with Crippen LogP contribution in [0.3, 0.4) is 0 Å². The zero-order valence-electron chi connectivity index (χ0n) is 12.3. The fourth-order valence-electron chi connectivity index (χ4n) is 4.23. The van der Waals surface area contributed by atoms with Gasteiger partial charge in [-0.25, -0.2) is 0 Å². The maximum absolute atomic E-state index is 6.37. The van der Waals surface area contributed by atoms with E-state index in [-0.39, 0.29) is 0 Å². The molecule has 3 aliphatic heterocycles. The Kier molecular flexibility index (Phi) is 4.42. The molecule has 0 aromatic rings. The van der Waals surface area contributed by atoms with Crippen molar-refractivity contribution in [1.29, 1.82) is 0 Å². The summed E-state index contributed by atoms with van der Waals surface area (Å²) in [5.41, 5.74) is 6.37. The van der Waals surface area contributed by atoms with Gasteiger partial charge in [-0.3, -0.25) is 0 Å². The minimum absolute atomic E-state index is 0.306. The normalized spacial score (nSPS) is 39.2. The summed E-state index contributed by atoms with van der Waals surface area (Å²) in [5.74, 6) is 1.46. The van der Waals surface area contributed by atoms with E-state index in [9.17, 15) is 0 Å². The van der Waals surface area contributed by atoms with Gasteiger partial charge in [-0.1, -0.05) is 0 Å². The Labute approximate surface area is 117 Å². The van der Waals surface area contributed by atoms with Crippen LogP contribution >= 0.6 is 0 Å². The lowest BCUT2D eigenvalue weighted by Crippen LogP contribution is -2.55. The zero-order valence-corrected chi connectivity index (χ0v) is 12.3. The molecule has 4 atom stereocenters. The predicted octanol–water partition coefficient (Wildman–Crippen LogP) is 0.766. The molecular weight excluding hydrogens is 238 g/mol. The summed E-state index contributed by atoms with van der Waals surface area (Å²) in [4.78, 5) is 5.19. The van der Waals surface area contributed by atoms with Crippen molar-refractivity contribution < 1.29 is 4.74 Å². The Hall–Kier alpha value is -0.160. The van der Waals surface area contributed by atoms with E-state index in [0.717, 1.165) is 38.1 Å². The molecule has 0 radical (unpaired) electrons. The third-order valence-corrected chi connectivity index (χ3v) is 5.47. The smallest absolute Gasteiger partial charge is 0.0510 e. The van der Waals surface area contributed by atoms with Gasteiger partial charge in [-0.05, 0) is 51.7 Å². The zero-order chi connectivity index (χ0) is 13.2. The number of hydrogen-bond donors (Lipinski definition) is 1.